The van der Waals surface area contributed by atoms with Crippen molar-refractivity contribution in [2.75, 3.05) is 26.2 Å². The van der Waals surface area contributed by atoms with Crippen LogP contribution in [0.3, 0.4) is 0 Å². The maximum absolute atomic E-state index is 12.3. The van der Waals surface area contributed by atoms with E-state index in [1.807, 2.05) is 6.92 Å². The van der Waals surface area contributed by atoms with Gasteiger partial charge in [0.1, 0.15) is 11.4 Å². The molecule has 0 rings (SSSR count). The Balaban J connectivity index is 4.20. The number of nitrogens with one attached hydrogen (secondary N) is 2. The van der Waals surface area contributed by atoms with Crippen LogP contribution in [0.15, 0.2) is 12.3 Å². The van der Waals surface area contributed by atoms with Gasteiger partial charge < -0.3 is 20.3 Å². The highest BCUT2D eigenvalue weighted by molar-refractivity contribution is 5.84. The average Bonchev–Trinajstić information content (AvgIpc) is 2.47. The Kier molecular flexibility index (Phi) is 11.4. The number of amides is 2. The molecule has 2 amide bonds. The first-order valence-electron chi connectivity index (χ1n) is 9.14. The van der Waals surface area contributed by atoms with Gasteiger partial charge in [-0.05, 0) is 47.5 Å². The largest absolute Gasteiger partial charge is 0.444 e. The van der Waals surface area contributed by atoms with E-state index in [9.17, 15) is 14.4 Å². The Morgan fingerprint density at radius 2 is 1.65 bits per heavy atom. The second kappa shape index (κ2) is 12.3. The van der Waals surface area contributed by atoms with Crippen LogP contribution in [0.5, 0.6) is 0 Å². The van der Waals surface area contributed by atoms with Crippen LogP contribution in [0.4, 0.5) is 4.79 Å². The fourth-order valence-corrected chi connectivity index (χ4v) is 2.21. The topological polar surface area (TPSA) is 87.7 Å². The van der Waals surface area contributed by atoms with Crippen molar-refractivity contribution < 1.29 is 19.1 Å². The summed E-state index contributed by atoms with van der Waals surface area (Å²) in [5, 5.41) is 5.76. The molecule has 26 heavy (non-hydrogen) atoms. The first kappa shape index (κ1) is 23.9. The summed E-state index contributed by atoms with van der Waals surface area (Å²) in [6.07, 6.45) is 2.53. The lowest BCUT2D eigenvalue weighted by molar-refractivity contribution is -0.135. The van der Waals surface area contributed by atoms with Gasteiger partial charge in [-0.25, -0.2) is 4.79 Å². The molecule has 0 aliphatic heterocycles. The Bertz CT molecular complexity index is 484. The van der Waals surface area contributed by atoms with Crippen LogP contribution in [0.2, 0.25) is 0 Å². The third kappa shape index (κ3) is 14.3. The minimum atomic E-state index is -0.571. The molecular formula is C19H35N3O4. The van der Waals surface area contributed by atoms with E-state index in [1.54, 1.807) is 20.8 Å². The number of carbonyl (C=O) groups is 3. The van der Waals surface area contributed by atoms with Gasteiger partial charge in [-0.15, -0.1) is 0 Å². The van der Waals surface area contributed by atoms with Gasteiger partial charge in [-0.1, -0.05) is 13.0 Å². The van der Waals surface area contributed by atoms with Crippen LogP contribution in [0.25, 0.3) is 0 Å². The monoisotopic (exact) mass is 369 g/mol. The second-order valence-electron chi connectivity index (χ2n) is 7.46. The standard InChI is InChI=1S/C19H35N3O4/c1-15(2)20-11-9-7-8-10-17(24)22(14-16(3)23)13-12-21-18(25)26-19(4,5)6/h20H,1,7-14H2,2-6H3,(H,21,25). The third-order valence-electron chi connectivity index (χ3n) is 3.31. The van der Waals surface area contributed by atoms with E-state index < -0.39 is 11.7 Å². The first-order chi connectivity index (χ1) is 12.0. The Labute approximate surface area is 157 Å². The van der Waals surface area contributed by atoms with Crippen LogP contribution in [-0.2, 0) is 14.3 Å². The summed E-state index contributed by atoms with van der Waals surface area (Å²) in [7, 11) is 0. The summed E-state index contributed by atoms with van der Waals surface area (Å²) in [5.41, 5.74) is 0.365. The molecule has 0 fully saturated rings. The van der Waals surface area contributed by atoms with Crippen molar-refractivity contribution in [1.29, 1.82) is 0 Å². The zero-order chi connectivity index (χ0) is 20.2. The van der Waals surface area contributed by atoms with Gasteiger partial charge in [0.15, 0.2) is 0 Å². The van der Waals surface area contributed by atoms with Gasteiger partial charge in [0.05, 0.1) is 6.54 Å². The van der Waals surface area contributed by atoms with Crippen LogP contribution >= 0.6 is 0 Å². The average molecular weight is 370 g/mol. The van der Waals surface area contributed by atoms with E-state index in [-0.39, 0.29) is 31.3 Å². The number of Topliss-reactive ketones (excluding diaryl/α,β-unsaturated/α-hetero) is 1. The maximum Gasteiger partial charge on any atom is 0.407 e. The maximum atomic E-state index is 12.3. The van der Waals surface area contributed by atoms with Crippen molar-refractivity contribution in [2.24, 2.45) is 0 Å². The van der Waals surface area contributed by atoms with Crippen molar-refractivity contribution in [3.63, 3.8) is 0 Å². The molecule has 0 saturated heterocycles. The third-order valence-corrected chi connectivity index (χ3v) is 3.31. The minimum Gasteiger partial charge on any atom is -0.444 e. The molecule has 0 aliphatic rings. The zero-order valence-electron chi connectivity index (χ0n) is 16.9. The number of unbranched alkanes of at least 4 members (excludes halogenated alkanes) is 2. The molecule has 0 spiro atoms. The summed E-state index contributed by atoms with van der Waals surface area (Å²) in [4.78, 5) is 36.9. The number of alkyl carbamates (subject to hydrolysis) is 1. The van der Waals surface area contributed by atoms with E-state index in [0.717, 1.165) is 31.5 Å². The van der Waals surface area contributed by atoms with Crippen LogP contribution in [0.1, 0.15) is 60.3 Å². The molecule has 0 unspecified atom stereocenters. The van der Waals surface area contributed by atoms with Gasteiger partial charge >= 0.3 is 6.09 Å². The van der Waals surface area contributed by atoms with Gasteiger partial charge in [-0.2, -0.15) is 0 Å². The highest BCUT2D eigenvalue weighted by atomic mass is 16.6. The molecule has 0 aliphatic carbocycles. The summed E-state index contributed by atoms with van der Waals surface area (Å²) in [6, 6.07) is 0. The van der Waals surface area contributed by atoms with E-state index in [0.29, 0.717) is 6.42 Å². The molecule has 7 heteroatoms. The molecule has 150 valence electrons. The first-order valence-corrected chi connectivity index (χ1v) is 9.14. The Hall–Kier alpha value is -2.05. The minimum absolute atomic E-state index is 0.0616. The number of ether oxygens (including phenoxy) is 1. The zero-order valence-corrected chi connectivity index (χ0v) is 16.9. The molecule has 0 aromatic carbocycles. The molecule has 0 atom stereocenters. The highest BCUT2D eigenvalue weighted by Crippen LogP contribution is 2.07. The van der Waals surface area contributed by atoms with Gasteiger partial charge in [0, 0.05) is 31.8 Å². The van der Waals surface area contributed by atoms with Gasteiger partial charge in [0.25, 0.3) is 0 Å². The summed E-state index contributed by atoms with van der Waals surface area (Å²) >= 11 is 0. The lowest BCUT2D eigenvalue weighted by atomic mass is 10.1. The highest BCUT2D eigenvalue weighted by Gasteiger charge is 2.18. The molecule has 2 N–H and O–H groups in total. The fourth-order valence-electron chi connectivity index (χ4n) is 2.21. The second-order valence-corrected chi connectivity index (χ2v) is 7.46. The number of allylic oxidation sites excluding steroid dienone is 1. The molecule has 0 aromatic rings. The molecule has 7 nitrogen and oxygen atoms in total. The SMILES string of the molecule is C=C(C)NCCCCCC(=O)N(CCNC(=O)OC(C)(C)C)CC(C)=O. The van der Waals surface area contributed by atoms with Crippen LogP contribution < -0.4 is 10.6 Å². The smallest absolute Gasteiger partial charge is 0.407 e. The van der Waals surface area contributed by atoms with Gasteiger partial charge in [0.2, 0.25) is 5.91 Å². The van der Waals surface area contributed by atoms with E-state index >= 15 is 0 Å². The number of hydrogen-bond donors (Lipinski definition) is 2. The van der Waals surface area contributed by atoms with Gasteiger partial charge in [-0.3, -0.25) is 9.59 Å². The van der Waals surface area contributed by atoms with Crippen molar-refractivity contribution in [2.45, 2.75) is 65.9 Å². The Morgan fingerprint density at radius 3 is 2.19 bits per heavy atom. The number of carbonyl (C=O) groups excluding carboxylic acids is 3. The molecule has 0 bridgehead atoms. The number of rotatable bonds is 12. The van der Waals surface area contributed by atoms with E-state index in [4.69, 9.17) is 4.74 Å². The number of ketones is 1. The fraction of sp³-hybridized carbons (Fsp3) is 0.737. The summed E-state index contributed by atoms with van der Waals surface area (Å²) in [6.45, 7) is 13.9. The normalized spacial score (nSPS) is 10.8. The number of nitrogens with zero attached hydrogens (tertiary/aromatic N) is 1. The Morgan fingerprint density at radius 1 is 1.00 bits per heavy atom. The quantitative estimate of drug-likeness (QED) is 0.516. The van der Waals surface area contributed by atoms with E-state index in [1.165, 1.54) is 11.8 Å². The molecule has 0 heterocycles. The predicted molar refractivity (Wildman–Crippen MR) is 103 cm³/mol. The van der Waals surface area contributed by atoms with E-state index in [2.05, 4.69) is 17.2 Å². The van der Waals surface area contributed by atoms with Crippen molar-refractivity contribution in [3.8, 4) is 0 Å². The molecule has 0 aromatic heterocycles. The lowest BCUT2D eigenvalue weighted by Gasteiger charge is -2.23. The summed E-state index contributed by atoms with van der Waals surface area (Å²) in [5.74, 6) is -0.152. The molecule has 0 radical (unpaired) electrons. The van der Waals surface area contributed by atoms with Crippen molar-refractivity contribution >= 4 is 17.8 Å². The molecular weight excluding hydrogens is 334 g/mol. The predicted octanol–water partition coefficient (Wildman–Crippen LogP) is 2.61. The summed E-state index contributed by atoms with van der Waals surface area (Å²) < 4.78 is 5.15. The van der Waals surface area contributed by atoms with Crippen molar-refractivity contribution in [1.82, 2.24) is 15.5 Å². The van der Waals surface area contributed by atoms with Crippen LogP contribution in [0, 0.1) is 0 Å². The molecule has 0 saturated carbocycles. The lowest BCUT2D eigenvalue weighted by Crippen LogP contribution is -2.42. The van der Waals surface area contributed by atoms with Crippen LogP contribution in [-0.4, -0.2) is 54.5 Å². The number of hydrogen-bond acceptors (Lipinski definition) is 5. The van der Waals surface area contributed by atoms with Crippen molar-refractivity contribution in [3.05, 3.63) is 12.3 Å².